The number of aromatic nitrogens is 6. The van der Waals surface area contributed by atoms with Crippen molar-refractivity contribution in [1.29, 1.82) is 0 Å². The number of carbonyl (C=O) groups excluding carboxylic acids is 1. The lowest BCUT2D eigenvalue weighted by Crippen LogP contribution is -2.07. The van der Waals surface area contributed by atoms with Gasteiger partial charge in [-0.05, 0) is 32.0 Å². The maximum absolute atomic E-state index is 12.0. The molecule has 4 heterocycles. The number of esters is 1. The van der Waals surface area contributed by atoms with E-state index in [2.05, 4.69) is 35.7 Å². The van der Waals surface area contributed by atoms with Gasteiger partial charge in [-0.25, -0.2) is 14.5 Å². The Morgan fingerprint density at radius 1 is 1.17 bits per heavy atom. The fourth-order valence-electron chi connectivity index (χ4n) is 2.87. The summed E-state index contributed by atoms with van der Waals surface area (Å²) in [4.78, 5) is 29.2. The maximum atomic E-state index is 12.0. The van der Waals surface area contributed by atoms with E-state index >= 15 is 0 Å². The fourth-order valence-corrected chi connectivity index (χ4v) is 2.87. The van der Waals surface area contributed by atoms with E-state index in [0.717, 1.165) is 16.8 Å². The molecule has 0 atom stereocenters. The lowest BCUT2D eigenvalue weighted by molar-refractivity contribution is 0.0526. The fraction of sp³-hybridized carbons (Fsp3) is 0.200. The molecule has 0 fully saturated rings. The molecule has 10 heteroatoms. The molecule has 0 aliphatic heterocycles. The highest BCUT2D eigenvalue weighted by molar-refractivity contribution is 5.92. The summed E-state index contributed by atoms with van der Waals surface area (Å²) in [6, 6.07) is 5.35. The number of carbonyl (C=O) groups is 1. The molecule has 2 N–H and O–H groups in total. The summed E-state index contributed by atoms with van der Waals surface area (Å²) in [6.45, 7) is 3.90. The maximum Gasteiger partial charge on any atom is 0.339 e. The standard InChI is InChI=1S/C20H20N8O2/c1-4-30-19(29)13-9-16(12(2)22-10-13)25-17-15-11-23-20(26-18(15)28(3)27-17)24-14-5-7-21-8-6-14/h5-11H,4H2,1-3H3,(H,25,27)(H,21,23,24,26). The van der Waals surface area contributed by atoms with Crippen LogP contribution < -0.4 is 10.6 Å². The Morgan fingerprint density at radius 3 is 2.73 bits per heavy atom. The van der Waals surface area contributed by atoms with Crippen LogP contribution in [0.4, 0.5) is 23.1 Å². The van der Waals surface area contributed by atoms with E-state index in [0.29, 0.717) is 35.3 Å². The van der Waals surface area contributed by atoms with Crippen molar-refractivity contribution in [3.05, 3.63) is 54.2 Å². The number of fused-ring (bicyclic) bond motifs is 1. The smallest absolute Gasteiger partial charge is 0.339 e. The Bertz CT molecular complexity index is 1210. The molecular formula is C20H20N8O2. The van der Waals surface area contributed by atoms with Gasteiger partial charge in [0.25, 0.3) is 0 Å². The van der Waals surface area contributed by atoms with Crippen LogP contribution in [-0.4, -0.2) is 42.3 Å². The first-order chi connectivity index (χ1) is 14.5. The van der Waals surface area contributed by atoms with Gasteiger partial charge in [0, 0.05) is 37.5 Å². The number of hydrogen-bond donors (Lipinski definition) is 2. The Morgan fingerprint density at radius 2 is 1.97 bits per heavy atom. The van der Waals surface area contributed by atoms with Crippen molar-refractivity contribution in [3.8, 4) is 0 Å². The van der Waals surface area contributed by atoms with Gasteiger partial charge < -0.3 is 15.4 Å². The van der Waals surface area contributed by atoms with Gasteiger partial charge in [0.2, 0.25) is 5.95 Å². The zero-order chi connectivity index (χ0) is 21.1. The topological polar surface area (TPSA) is 120 Å². The molecule has 30 heavy (non-hydrogen) atoms. The number of pyridine rings is 2. The zero-order valence-electron chi connectivity index (χ0n) is 16.7. The molecule has 0 aliphatic rings. The molecule has 4 aromatic rings. The molecule has 10 nitrogen and oxygen atoms in total. The Kier molecular flexibility index (Phi) is 5.21. The van der Waals surface area contributed by atoms with Gasteiger partial charge in [0.15, 0.2) is 11.5 Å². The van der Waals surface area contributed by atoms with Crippen molar-refractivity contribution < 1.29 is 9.53 Å². The van der Waals surface area contributed by atoms with Crippen molar-refractivity contribution in [3.63, 3.8) is 0 Å². The molecule has 0 amide bonds. The van der Waals surface area contributed by atoms with Crippen LogP contribution in [0.1, 0.15) is 23.0 Å². The molecule has 152 valence electrons. The predicted molar refractivity (Wildman–Crippen MR) is 112 cm³/mol. The summed E-state index contributed by atoms with van der Waals surface area (Å²) in [5.41, 5.74) is 3.22. The molecule has 0 aliphatic carbocycles. The average Bonchev–Trinajstić information content (AvgIpc) is 3.05. The lowest BCUT2D eigenvalue weighted by atomic mass is 10.2. The SMILES string of the molecule is CCOC(=O)c1cnc(C)c(Nc2nn(C)c3nc(Nc4ccncc4)ncc23)c1. The van der Waals surface area contributed by atoms with Crippen LogP contribution in [0.2, 0.25) is 0 Å². The van der Waals surface area contributed by atoms with Gasteiger partial charge in [0.05, 0.1) is 28.9 Å². The van der Waals surface area contributed by atoms with Crippen molar-refractivity contribution in [2.75, 3.05) is 17.2 Å². The molecule has 4 aromatic heterocycles. The minimum atomic E-state index is -0.422. The van der Waals surface area contributed by atoms with Crippen LogP contribution in [-0.2, 0) is 11.8 Å². The van der Waals surface area contributed by atoms with E-state index in [1.165, 1.54) is 6.20 Å². The first-order valence-corrected chi connectivity index (χ1v) is 9.32. The minimum Gasteiger partial charge on any atom is -0.462 e. The Labute approximate surface area is 172 Å². The number of nitrogens with zero attached hydrogens (tertiary/aromatic N) is 6. The summed E-state index contributed by atoms with van der Waals surface area (Å²) >= 11 is 0. The first kappa shape index (κ1) is 19.2. The number of rotatable bonds is 6. The summed E-state index contributed by atoms with van der Waals surface area (Å²) in [5, 5.41) is 11.6. The quantitative estimate of drug-likeness (QED) is 0.467. The van der Waals surface area contributed by atoms with Gasteiger partial charge in [0.1, 0.15) is 0 Å². The summed E-state index contributed by atoms with van der Waals surface area (Å²) < 4.78 is 6.71. The number of nitrogens with one attached hydrogen (secondary N) is 2. The highest BCUT2D eigenvalue weighted by Gasteiger charge is 2.15. The average molecular weight is 404 g/mol. The molecule has 4 rings (SSSR count). The Balaban J connectivity index is 1.64. The van der Waals surface area contributed by atoms with E-state index in [-0.39, 0.29) is 0 Å². The zero-order valence-corrected chi connectivity index (χ0v) is 16.7. The van der Waals surface area contributed by atoms with E-state index in [1.54, 1.807) is 43.3 Å². The number of ether oxygens (including phenoxy) is 1. The molecule has 0 radical (unpaired) electrons. The van der Waals surface area contributed by atoms with Gasteiger partial charge in [-0.1, -0.05) is 0 Å². The number of anilines is 4. The van der Waals surface area contributed by atoms with Crippen LogP contribution in [0.15, 0.2) is 43.0 Å². The van der Waals surface area contributed by atoms with Gasteiger partial charge in [-0.2, -0.15) is 10.1 Å². The third-order valence-corrected chi connectivity index (χ3v) is 4.37. The van der Waals surface area contributed by atoms with Gasteiger partial charge in [-0.15, -0.1) is 0 Å². The molecular weight excluding hydrogens is 384 g/mol. The van der Waals surface area contributed by atoms with Crippen LogP contribution >= 0.6 is 0 Å². The molecule has 0 bridgehead atoms. The highest BCUT2D eigenvalue weighted by Crippen LogP contribution is 2.27. The second-order valence-corrected chi connectivity index (χ2v) is 6.47. The first-order valence-electron chi connectivity index (χ1n) is 9.32. The van der Waals surface area contributed by atoms with E-state index in [4.69, 9.17) is 4.74 Å². The lowest BCUT2D eigenvalue weighted by Gasteiger charge is -2.09. The number of hydrogen-bond acceptors (Lipinski definition) is 9. The van der Waals surface area contributed by atoms with E-state index in [1.807, 2.05) is 19.1 Å². The van der Waals surface area contributed by atoms with Crippen LogP contribution in [0.25, 0.3) is 11.0 Å². The normalized spacial score (nSPS) is 10.8. The Hall–Kier alpha value is -4.08. The molecule has 0 saturated carbocycles. The van der Waals surface area contributed by atoms with E-state index < -0.39 is 5.97 Å². The largest absolute Gasteiger partial charge is 0.462 e. The summed E-state index contributed by atoms with van der Waals surface area (Å²) in [6.07, 6.45) is 6.57. The van der Waals surface area contributed by atoms with Crippen molar-refractivity contribution in [1.82, 2.24) is 29.7 Å². The molecule has 0 saturated heterocycles. The van der Waals surface area contributed by atoms with Gasteiger partial charge in [-0.3, -0.25) is 9.97 Å². The second-order valence-electron chi connectivity index (χ2n) is 6.47. The van der Waals surface area contributed by atoms with Gasteiger partial charge >= 0.3 is 5.97 Å². The van der Waals surface area contributed by atoms with Crippen molar-refractivity contribution >= 4 is 40.1 Å². The monoisotopic (exact) mass is 404 g/mol. The molecule has 0 aromatic carbocycles. The third-order valence-electron chi connectivity index (χ3n) is 4.37. The van der Waals surface area contributed by atoms with Crippen LogP contribution in [0.3, 0.4) is 0 Å². The highest BCUT2D eigenvalue weighted by atomic mass is 16.5. The third kappa shape index (κ3) is 3.88. The van der Waals surface area contributed by atoms with Crippen molar-refractivity contribution in [2.24, 2.45) is 7.05 Å². The molecule has 0 unspecified atom stereocenters. The predicted octanol–water partition coefficient (Wildman–Crippen LogP) is 3.13. The van der Waals surface area contributed by atoms with E-state index in [9.17, 15) is 4.79 Å². The summed E-state index contributed by atoms with van der Waals surface area (Å²) in [5.74, 6) is 0.591. The minimum absolute atomic E-state index is 0.299. The molecule has 0 spiro atoms. The van der Waals surface area contributed by atoms with Crippen LogP contribution in [0.5, 0.6) is 0 Å². The summed E-state index contributed by atoms with van der Waals surface area (Å²) in [7, 11) is 1.80. The second kappa shape index (κ2) is 8.11. The number of aryl methyl sites for hydroxylation is 2. The van der Waals surface area contributed by atoms with Crippen molar-refractivity contribution in [2.45, 2.75) is 13.8 Å². The van der Waals surface area contributed by atoms with Crippen LogP contribution in [0, 0.1) is 6.92 Å².